The van der Waals surface area contributed by atoms with Gasteiger partial charge in [0.25, 0.3) is 5.56 Å². The number of benzene rings is 3. The van der Waals surface area contributed by atoms with Crippen molar-refractivity contribution in [1.82, 2.24) is 4.57 Å². The number of hydrogen-bond acceptors (Lipinski definition) is 8. The zero-order chi connectivity index (χ0) is 31.4. The first-order chi connectivity index (χ1) is 21.2. The lowest BCUT2D eigenvalue weighted by molar-refractivity contribution is -0.136. The number of thiazole rings is 1. The first-order valence-corrected chi connectivity index (χ1v) is 17.1. The maximum Gasteiger partial charge on any atom is 0.337 e. The predicted molar refractivity (Wildman–Crippen MR) is 185 cm³/mol. The van der Waals surface area contributed by atoms with Crippen LogP contribution in [0.1, 0.15) is 36.6 Å². The van der Waals surface area contributed by atoms with Gasteiger partial charge in [0.2, 0.25) is 0 Å². The first kappa shape index (κ1) is 32.5. The van der Waals surface area contributed by atoms with Gasteiger partial charge in [-0.15, -0.1) is 0 Å². The van der Waals surface area contributed by atoms with Crippen molar-refractivity contribution in [3.63, 3.8) is 0 Å². The van der Waals surface area contributed by atoms with Gasteiger partial charge >= 0.3 is 5.97 Å². The van der Waals surface area contributed by atoms with Crippen LogP contribution in [0.3, 0.4) is 0 Å². The van der Waals surface area contributed by atoms with E-state index < -0.39 is 12.0 Å². The van der Waals surface area contributed by atoms with Gasteiger partial charge in [-0.25, -0.2) is 9.79 Å². The third-order valence-electron chi connectivity index (χ3n) is 6.62. The average molecular weight is 854 g/mol. The van der Waals surface area contributed by atoms with E-state index in [0.717, 1.165) is 29.4 Å². The van der Waals surface area contributed by atoms with E-state index in [1.54, 1.807) is 12.1 Å². The maximum atomic E-state index is 14.0. The minimum Gasteiger partial charge on any atom is -0.490 e. The fourth-order valence-electron chi connectivity index (χ4n) is 4.68. The quantitative estimate of drug-likeness (QED) is 0.133. The normalized spacial score (nSPS) is 14.4. The highest BCUT2D eigenvalue weighted by atomic mass is 127. The lowest BCUT2D eigenvalue weighted by atomic mass is 9.97. The standard InChI is InChI=1S/C32H27Br2IN2O6S/c1-4-41-25-11-8-20(15-26(25)42-5-2)28-22(31(39)40-3)16-36-32-37(28)30(38)27(44-32)14-19-12-23(34)29(24(35)13-19)43-17-18-6-9-21(33)10-7-18/h6-16,28H,4-5,17H2,1-3H3/b27-14-/t28-/m1/s1. The van der Waals surface area contributed by atoms with Gasteiger partial charge in [0, 0.05) is 10.7 Å². The summed E-state index contributed by atoms with van der Waals surface area (Å²) in [5.41, 5.74) is 2.49. The number of nitrogens with zero attached hydrogens (tertiary/aromatic N) is 2. The van der Waals surface area contributed by atoms with Crippen LogP contribution < -0.4 is 29.1 Å². The Balaban J connectivity index is 1.54. The number of carbonyl (C=O) groups excluding carboxylic acids is 1. The van der Waals surface area contributed by atoms with Crippen LogP contribution in [-0.4, -0.2) is 30.9 Å². The highest BCUT2D eigenvalue weighted by Gasteiger charge is 2.31. The number of hydrogen-bond donors (Lipinski definition) is 0. The van der Waals surface area contributed by atoms with Gasteiger partial charge < -0.3 is 18.9 Å². The first-order valence-electron chi connectivity index (χ1n) is 13.6. The van der Waals surface area contributed by atoms with Crippen molar-refractivity contribution in [3.8, 4) is 17.2 Å². The Hall–Kier alpha value is -2.94. The Morgan fingerprint density at radius 3 is 2.43 bits per heavy atom. The third kappa shape index (κ3) is 6.98. The van der Waals surface area contributed by atoms with Crippen LogP contribution >= 0.6 is 65.8 Å². The fourth-order valence-corrected chi connectivity index (χ4v) is 7.68. The van der Waals surface area contributed by atoms with Crippen molar-refractivity contribution in [2.75, 3.05) is 20.3 Å². The van der Waals surface area contributed by atoms with E-state index in [0.29, 0.717) is 46.2 Å². The van der Waals surface area contributed by atoms with Crippen LogP contribution in [-0.2, 0) is 16.1 Å². The highest BCUT2D eigenvalue weighted by molar-refractivity contribution is 14.1. The summed E-state index contributed by atoms with van der Waals surface area (Å²) in [5.74, 6) is 1.25. The molecule has 8 nitrogen and oxygen atoms in total. The summed E-state index contributed by atoms with van der Waals surface area (Å²) in [6, 6.07) is 16.5. The van der Waals surface area contributed by atoms with E-state index in [-0.39, 0.29) is 11.1 Å². The smallest absolute Gasteiger partial charge is 0.337 e. The lowest BCUT2D eigenvalue weighted by Gasteiger charge is -2.23. The Morgan fingerprint density at radius 2 is 1.75 bits per heavy atom. The molecule has 0 radical (unpaired) electrons. The Kier molecular flexibility index (Phi) is 10.7. The summed E-state index contributed by atoms with van der Waals surface area (Å²) in [6.07, 6.45) is 3.29. The monoisotopic (exact) mass is 852 g/mol. The summed E-state index contributed by atoms with van der Waals surface area (Å²) in [7, 11) is 1.31. The lowest BCUT2D eigenvalue weighted by Crippen LogP contribution is -2.39. The van der Waals surface area contributed by atoms with Crippen molar-refractivity contribution in [1.29, 1.82) is 0 Å². The Morgan fingerprint density at radius 1 is 1.02 bits per heavy atom. The maximum absolute atomic E-state index is 14.0. The second-order valence-electron chi connectivity index (χ2n) is 9.48. The molecular formula is C32H27Br2IN2O6S. The molecule has 0 amide bonds. The zero-order valence-electron chi connectivity index (χ0n) is 23.9. The van der Waals surface area contributed by atoms with Crippen LogP contribution in [0.2, 0.25) is 0 Å². The summed E-state index contributed by atoms with van der Waals surface area (Å²) in [6.45, 7) is 5.08. The van der Waals surface area contributed by atoms with Gasteiger partial charge in [-0.2, -0.15) is 0 Å². The minimum absolute atomic E-state index is 0.239. The largest absolute Gasteiger partial charge is 0.490 e. The molecule has 0 saturated heterocycles. The molecule has 0 spiro atoms. The number of fused-ring (bicyclic) bond motifs is 1. The van der Waals surface area contributed by atoms with Crippen LogP contribution in [0.25, 0.3) is 6.08 Å². The average Bonchev–Trinajstić information content (AvgIpc) is 3.32. The number of methoxy groups -OCH3 is 1. The number of carbonyl (C=O) groups is 1. The number of halogens is 3. The Bertz CT molecular complexity index is 1900. The molecule has 0 saturated carbocycles. The summed E-state index contributed by atoms with van der Waals surface area (Å²) < 4.78 is 27.4. The number of aromatic nitrogens is 1. The molecule has 1 atom stereocenters. The predicted octanol–water partition coefficient (Wildman–Crippen LogP) is 6.52. The third-order valence-corrected chi connectivity index (χ3v) is 9.54. The minimum atomic E-state index is -0.767. The van der Waals surface area contributed by atoms with Crippen LogP contribution in [0.15, 0.2) is 85.1 Å². The summed E-state index contributed by atoms with van der Waals surface area (Å²) in [5, 5.41) is 0. The molecule has 0 N–H and O–H groups in total. The van der Waals surface area contributed by atoms with Crippen molar-refractivity contribution in [3.05, 3.63) is 115 Å². The topological polar surface area (TPSA) is 88.4 Å². The molecule has 1 aliphatic heterocycles. The molecule has 44 heavy (non-hydrogen) atoms. The molecule has 3 aromatic carbocycles. The fraction of sp³-hybridized carbons (Fsp3) is 0.219. The summed E-state index contributed by atoms with van der Waals surface area (Å²) >= 11 is 10.6. The molecule has 12 heteroatoms. The van der Waals surface area contributed by atoms with Crippen molar-refractivity contribution < 1.29 is 23.7 Å². The molecule has 0 bridgehead atoms. The van der Waals surface area contributed by atoms with Gasteiger partial charge in [-0.3, -0.25) is 9.36 Å². The Labute approximate surface area is 288 Å². The van der Waals surface area contributed by atoms with Gasteiger partial charge in [0.1, 0.15) is 12.4 Å². The van der Waals surface area contributed by atoms with Crippen molar-refractivity contribution in [2.45, 2.75) is 26.5 Å². The molecule has 5 rings (SSSR count). The number of ether oxygens (including phenoxy) is 4. The second-order valence-corrected chi connectivity index (χ2v) is 13.4. The molecular weight excluding hydrogens is 827 g/mol. The second kappa shape index (κ2) is 14.4. The molecule has 0 aliphatic carbocycles. The molecule has 228 valence electrons. The van der Waals surface area contributed by atoms with Gasteiger partial charge in [-0.05, 0) is 112 Å². The van der Waals surface area contributed by atoms with Gasteiger partial charge in [-0.1, -0.05) is 45.5 Å². The molecule has 4 aromatic rings. The van der Waals surface area contributed by atoms with Crippen LogP contribution in [0.5, 0.6) is 17.2 Å². The molecule has 0 fully saturated rings. The molecule has 1 aromatic heterocycles. The van der Waals surface area contributed by atoms with Crippen molar-refractivity contribution in [2.24, 2.45) is 4.99 Å². The highest BCUT2D eigenvalue weighted by Crippen LogP contribution is 2.36. The molecule has 1 aliphatic rings. The summed E-state index contributed by atoms with van der Waals surface area (Å²) in [4.78, 5) is 31.8. The van der Waals surface area contributed by atoms with E-state index in [1.165, 1.54) is 29.2 Å². The van der Waals surface area contributed by atoms with E-state index in [4.69, 9.17) is 18.9 Å². The molecule has 2 heterocycles. The zero-order valence-corrected chi connectivity index (χ0v) is 30.1. The SMILES string of the molecule is CCOc1ccc([C@@H]2C(C(=O)OC)=CN=c3s/c(=C\c4cc(Br)c(OCc5ccc(Br)cc5)c(I)c4)c(=O)n32)cc1OCC. The van der Waals surface area contributed by atoms with Crippen LogP contribution in [0, 0.1) is 3.57 Å². The van der Waals surface area contributed by atoms with E-state index in [2.05, 4.69) is 59.4 Å². The van der Waals surface area contributed by atoms with E-state index in [1.807, 2.05) is 62.4 Å². The van der Waals surface area contributed by atoms with Gasteiger partial charge in [0.05, 0.1) is 44.5 Å². The number of esters is 1. The van der Waals surface area contributed by atoms with Gasteiger partial charge in [0.15, 0.2) is 16.3 Å². The van der Waals surface area contributed by atoms with E-state index in [9.17, 15) is 9.59 Å². The number of rotatable bonds is 10. The van der Waals surface area contributed by atoms with E-state index >= 15 is 0 Å². The van der Waals surface area contributed by atoms with Crippen molar-refractivity contribution >= 4 is 77.8 Å². The molecule has 0 unspecified atom stereocenters. The van der Waals surface area contributed by atoms with Crippen LogP contribution in [0.4, 0.5) is 0 Å².